The largest absolute Gasteiger partial charge is 0.432 e. The first-order valence-electron chi connectivity index (χ1n) is 15.0. The summed E-state index contributed by atoms with van der Waals surface area (Å²) in [6.45, 7) is 3.22. The van der Waals surface area contributed by atoms with Crippen molar-refractivity contribution in [3.05, 3.63) is 107 Å². The number of rotatable bonds is 10. The molecule has 1 saturated carbocycles. The van der Waals surface area contributed by atoms with Crippen molar-refractivity contribution in [3.8, 4) is 28.0 Å². The lowest BCUT2D eigenvalue weighted by Crippen LogP contribution is -2.25. The van der Waals surface area contributed by atoms with E-state index in [2.05, 4.69) is 4.74 Å². The van der Waals surface area contributed by atoms with Crippen molar-refractivity contribution in [1.82, 2.24) is 0 Å². The molecular formula is C34H27F13O2S. The molecule has 0 N–H and O–H groups in total. The normalized spacial score (nSPS) is 18.4. The fraction of sp³-hybridized carbons (Fsp3) is 0.294. The Morgan fingerprint density at radius 2 is 1.16 bits per heavy atom. The molecule has 16 heteroatoms. The molecule has 0 radical (unpaired) electrons. The highest BCUT2D eigenvalue weighted by molar-refractivity contribution is 8.45. The predicted octanol–water partition coefficient (Wildman–Crippen LogP) is 13.0. The fourth-order valence-electron chi connectivity index (χ4n) is 6.05. The summed E-state index contributed by atoms with van der Waals surface area (Å²) in [5.41, 5.74) is -2.45. The minimum atomic E-state index is -11.0. The molecule has 0 spiro atoms. The van der Waals surface area contributed by atoms with Gasteiger partial charge in [-0.15, -0.1) is 0 Å². The molecule has 50 heavy (non-hydrogen) atoms. The Morgan fingerprint density at radius 3 is 1.68 bits per heavy atom. The van der Waals surface area contributed by atoms with Gasteiger partial charge in [0.2, 0.25) is 0 Å². The number of ether oxygens (including phenoxy) is 2. The molecule has 2 nitrogen and oxygen atoms in total. The van der Waals surface area contributed by atoms with Crippen LogP contribution in [0, 0.1) is 40.8 Å². The van der Waals surface area contributed by atoms with Gasteiger partial charge in [0.05, 0.1) is 0 Å². The summed E-state index contributed by atoms with van der Waals surface area (Å²) in [4.78, 5) is -3.62. The molecule has 4 aromatic rings. The summed E-state index contributed by atoms with van der Waals surface area (Å²) >= 11 is 0. The van der Waals surface area contributed by atoms with Crippen molar-refractivity contribution in [2.45, 2.75) is 49.5 Å². The van der Waals surface area contributed by atoms with Crippen LogP contribution < -0.4 is 4.74 Å². The first kappa shape index (κ1) is 37.3. The average Bonchev–Trinajstić information content (AvgIpc) is 2.97. The minimum absolute atomic E-state index is 0.0234. The Hall–Kier alpha value is -3.92. The molecule has 0 atom stereocenters. The van der Waals surface area contributed by atoms with Crippen LogP contribution in [0.3, 0.4) is 0 Å². The maximum atomic E-state index is 15.2. The lowest BCUT2D eigenvalue weighted by atomic mass is 9.78. The SMILES string of the molecule is CCOCC1CCC(c2ccc(-c3ccc(-c4cc(F)c(C(F)(F)Oc5cc(F)c(S(F)(F)(F)(F)F)c(F)c5)c(F)c4)c(F)c3)c(F)c2)CC1. The average molecular weight is 747 g/mol. The highest BCUT2D eigenvalue weighted by Gasteiger charge is 2.69. The van der Waals surface area contributed by atoms with Crippen LogP contribution >= 0.6 is 10.2 Å². The van der Waals surface area contributed by atoms with Crippen molar-refractivity contribution in [3.63, 3.8) is 0 Å². The van der Waals surface area contributed by atoms with Gasteiger partial charge in [0.1, 0.15) is 34.6 Å². The van der Waals surface area contributed by atoms with Crippen molar-refractivity contribution in [2.24, 2.45) is 5.92 Å². The molecule has 0 unspecified atom stereocenters. The van der Waals surface area contributed by atoms with Crippen LogP contribution in [0.15, 0.2) is 65.6 Å². The van der Waals surface area contributed by atoms with Crippen LogP contribution in [0.2, 0.25) is 0 Å². The van der Waals surface area contributed by atoms with Gasteiger partial charge < -0.3 is 9.47 Å². The molecular weight excluding hydrogens is 719 g/mol. The Morgan fingerprint density at radius 1 is 0.640 bits per heavy atom. The first-order chi connectivity index (χ1) is 23.1. The van der Waals surface area contributed by atoms with Gasteiger partial charge in [-0.1, -0.05) is 43.7 Å². The van der Waals surface area contributed by atoms with Crippen LogP contribution in [-0.4, -0.2) is 13.2 Å². The van der Waals surface area contributed by atoms with Crippen LogP contribution in [0.5, 0.6) is 5.75 Å². The van der Waals surface area contributed by atoms with E-state index >= 15 is 8.78 Å². The third kappa shape index (κ3) is 8.01. The number of alkyl halides is 2. The molecule has 1 aliphatic carbocycles. The molecule has 0 saturated heterocycles. The smallest absolute Gasteiger partial charge is 0.429 e. The quantitative estimate of drug-likeness (QED) is 0.151. The zero-order valence-electron chi connectivity index (χ0n) is 25.8. The van der Waals surface area contributed by atoms with Crippen molar-refractivity contribution in [1.29, 1.82) is 0 Å². The summed E-state index contributed by atoms with van der Waals surface area (Å²) in [7, 11) is -11.0. The lowest BCUT2D eigenvalue weighted by molar-refractivity contribution is -0.189. The van der Waals surface area contributed by atoms with Crippen molar-refractivity contribution < 1.29 is 64.0 Å². The van der Waals surface area contributed by atoms with Crippen LogP contribution in [0.4, 0.5) is 54.6 Å². The van der Waals surface area contributed by atoms with E-state index in [1.54, 1.807) is 6.07 Å². The van der Waals surface area contributed by atoms with E-state index < -0.39 is 90.7 Å². The Kier molecular flexibility index (Phi) is 9.48. The number of hydrogen-bond acceptors (Lipinski definition) is 2. The second kappa shape index (κ2) is 12.7. The Bertz CT molecular complexity index is 1880. The molecule has 5 rings (SSSR count). The van der Waals surface area contributed by atoms with Gasteiger partial charge in [-0.05, 0) is 85.4 Å². The molecule has 272 valence electrons. The van der Waals surface area contributed by atoms with Crippen LogP contribution in [0.1, 0.15) is 49.7 Å². The molecule has 4 aromatic carbocycles. The number of benzene rings is 4. The Balaban J connectivity index is 1.36. The highest BCUT2D eigenvalue weighted by Crippen LogP contribution is 3.02. The van der Waals surface area contributed by atoms with E-state index in [1.807, 2.05) is 6.92 Å². The second-order valence-corrected chi connectivity index (χ2v) is 14.3. The summed E-state index contributed by atoms with van der Waals surface area (Å²) < 4.78 is 192. The van der Waals surface area contributed by atoms with Gasteiger partial charge >= 0.3 is 16.3 Å². The molecule has 1 aliphatic rings. The number of halogens is 13. The van der Waals surface area contributed by atoms with E-state index in [1.165, 1.54) is 18.2 Å². The zero-order valence-corrected chi connectivity index (χ0v) is 26.6. The van der Waals surface area contributed by atoms with Gasteiger partial charge in [-0.3, -0.25) is 0 Å². The lowest BCUT2D eigenvalue weighted by Gasteiger charge is -2.40. The van der Waals surface area contributed by atoms with Crippen LogP contribution in [-0.2, 0) is 10.8 Å². The molecule has 0 heterocycles. The van der Waals surface area contributed by atoms with Crippen molar-refractivity contribution in [2.75, 3.05) is 13.2 Å². The molecule has 0 amide bonds. The van der Waals surface area contributed by atoms with Gasteiger partial charge in [0.15, 0.2) is 16.5 Å². The maximum Gasteiger partial charge on any atom is 0.432 e. The minimum Gasteiger partial charge on any atom is -0.429 e. The third-order valence-electron chi connectivity index (χ3n) is 8.40. The molecule has 0 aliphatic heterocycles. The highest BCUT2D eigenvalue weighted by atomic mass is 32.5. The van der Waals surface area contributed by atoms with E-state index in [4.69, 9.17) is 4.74 Å². The monoisotopic (exact) mass is 746 g/mol. The van der Waals surface area contributed by atoms with Gasteiger partial charge in [0.25, 0.3) is 0 Å². The summed E-state index contributed by atoms with van der Waals surface area (Å²) in [6, 6.07) is 6.89. The summed E-state index contributed by atoms with van der Waals surface area (Å²) in [5, 5.41) is 0. The summed E-state index contributed by atoms with van der Waals surface area (Å²) in [5.74, 6) is -13.2. The number of hydrogen-bond donors (Lipinski definition) is 0. The molecule has 0 bridgehead atoms. The molecule has 1 fully saturated rings. The van der Waals surface area contributed by atoms with Gasteiger partial charge in [0, 0.05) is 36.5 Å². The Labute approximate surface area is 277 Å². The third-order valence-corrected chi connectivity index (χ3v) is 9.56. The summed E-state index contributed by atoms with van der Waals surface area (Å²) in [6.07, 6.45) is -1.62. The topological polar surface area (TPSA) is 18.5 Å². The maximum absolute atomic E-state index is 15.2. The van der Waals surface area contributed by atoms with E-state index in [0.717, 1.165) is 43.4 Å². The van der Waals surface area contributed by atoms with E-state index in [9.17, 15) is 45.8 Å². The standard InChI is InChI=1S/C34H27F13O2S/c1-2-48-17-18-3-5-19(6-4-18)20-7-9-24(26(35)11-20)21-8-10-25(27(36)12-21)22-13-28(37)32(29(38)14-22)34(41,42)49-23-15-30(39)33(31(40)16-23)50(43,44,45,46)47/h7-16,18-19H,2-6,17H2,1H3. The van der Waals surface area contributed by atoms with Gasteiger partial charge in [-0.2, -0.15) is 8.78 Å². The second-order valence-electron chi connectivity index (χ2n) is 11.9. The fourth-order valence-corrected chi connectivity index (χ4v) is 6.91. The van der Waals surface area contributed by atoms with Crippen LogP contribution in [0.25, 0.3) is 22.3 Å². The van der Waals surface area contributed by atoms with Crippen molar-refractivity contribution >= 4 is 10.2 Å². The molecule has 0 aromatic heterocycles. The van der Waals surface area contributed by atoms with Gasteiger partial charge in [-0.25, -0.2) is 26.3 Å². The predicted molar refractivity (Wildman–Crippen MR) is 161 cm³/mol. The zero-order chi connectivity index (χ0) is 36.9. The van der Waals surface area contributed by atoms with E-state index in [0.29, 0.717) is 19.1 Å². The van der Waals surface area contributed by atoms with E-state index in [-0.39, 0.29) is 29.2 Å². The first-order valence-corrected chi connectivity index (χ1v) is 17.0.